The maximum absolute atomic E-state index is 10.7. The van der Waals surface area contributed by atoms with E-state index in [4.69, 9.17) is 10.7 Å². The zero-order valence-corrected chi connectivity index (χ0v) is 11.5. The summed E-state index contributed by atoms with van der Waals surface area (Å²) in [5, 5.41) is 0. The summed E-state index contributed by atoms with van der Waals surface area (Å²) < 4.78 is 21.4. The predicted octanol–water partition coefficient (Wildman–Crippen LogP) is 2.37. The molecule has 94 valence electrons. The molecule has 0 aromatic rings. The molecule has 0 spiro atoms. The Labute approximate surface area is 103 Å². The van der Waals surface area contributed by atoms with Crippen molar-refractivity contribution in [1.82, 2.24) is 4.90 Å². The van der Waals surface area contributed by atoms with Crippen molar-refractivity contribution in [2.75, 3.05) is 12.3 Å². The van der Waals surface area contributed by atoms with Gasteiger partial charge in [0.05, 0.1) is 5.75 Å². The Balaban J connectivity index is 2.37. The van der Waals surface area contributed by atoms with Crippen molar-refractivity contribution >= 4 is 19.7 Å². The van der Waals surface area contributed by atoms with E-state index in [1.807, 2.05) is 6.08 Å². The van der Waals surface area contributed by atoms with E-state index in [1.165, 1.54) is 12.8 Å². The van der Waals surface area contributed by atoms with Crippen molar-refractivity contribution in [3.63, 3.8) is 0 Å². The fourth-order valence-corrected chi connectivity index (χ4v) is 2.81. The van der Waals surface area contributed by atoms with Gasteiger partial charge in [-0.15, -0.1) is 0 Å². The minimum absolute atomic E-state index is 0.0665. The molecule has 0 aliphatic carbocycles. The molecule has 0 bridgehead atoms. The molecule has 0 N–H and O–H groups in total. The molecule has 3 nitrogen and oxygen atoms in total. The lowest BCUT2D eigenvalue weighted by Gasteiger charge is -2.27. The summed E-state index contributed by atoms with van der Waals surface area (Å²) in [7, 11) is 1.74. The van der Waals surface area contributed by atoms with Gasteiger partial charge >= 0.3 is 0 Å². The van der Waals surface area contributed by atoms with Crippen molar-refractivity contribution < 1.29 is 8.42 Å². The van der Waals surface area contributed by atoms with E-state index in [1.54, 1.807) is 6.08 Å². The van der Waals surface area contributed by atoms with Crippen LogP contribution in [0.15, 0.2) is 12.2 Å². The molecule has 1 atom stereocenters. The highest BCUT2D eigenvalue weighted by atomic mass is 35.7. The van der Waals surface area contributed by atoms with Gasteiger partial charge in [0.1, 0.15) is 0 Å². The molecule has 1 aliphatic heterocycles. The monoisotopic (exact) mass is 265 g/mol. The molecule has 1 fully saturated rings. The Kier molecular flexibility index (Phi) is 5.28. The molecule has 0 aromatic heterocycles. The van der Waals surface area contributed by atoms with Gasteiger partial charge in [-0.05, 0) is 39.7 Å². The minimum Gasteiger partial charge on any atom is -0.298 e. The molecule has 1 aliphatic rings. The number of hydrogen-bond donors (Lipinski definition) is 0. The Bertz CT molecular complexity index is 338. The number of hydrogen-bond acceptors (Lipinski definition) is 3. The molecule has 5 heteroatoms. The van der Waals surface area contributed by atoms with Crippen LogP contribution >= 0.6 is 10.7 Å². The van der Waals surface area contributed by atoms with Crippen molar-refractivity contribution in [2.45, 2.75) is 45.2 Å². The fourth-order valence-electron chi connectivity index (χ4n) is 2.23. The summed E-state index contributed by atoms with van der Waals surface area (Å²) >= 11 is 0. The van der Waals surface area contributed by atoms with Crippen LogP contribution in [0.25, 0.3) is 0 Å². The average molecular weight is 266 g/mol. The third-order valence-electron chi connectivity index (χ3n) is 2.96. The summed E-state index contributed by atoms with van der Waals surface area (Å²) in [6, 6.07) is 1.13. The highest BCUT2D eigenvalue weighted by Crippen LogP contribution is 2.22. The van der Waals surface area contributed by atoms with Gasteiger partial charge in [-0.2, -0.15) is 0 Å². The van der Waals surface area contributed by atoms with Crippen molar-refractivity contribution in [3.05, 3.63) is 12.2 Å². The van der Waals surface area contributed by atoms with E-state index < -0.39 is 9.05 Å². The number of likely N-dealkylation sites (tertiary alicyclic amines) is 1. The standard InChI is InChI=1S/C11H20ClNO2S/c1-10(2)13-8-5-7-11(13)6-3-4-9-16(12,14)15/h3-4,10-11H,5-9H2,1-2H3/b4-3-. The first-order valence-corrected chi connectivity index (χ1v) is 8.21. The van der Waals surface area contributed by atoms with Gasteiger partial charge in [-0.1, -0.05) is 12.2 Å². The Morgan fingerprint density at radius 2 is 2.12 bits per heavy atom. The molecule has 0 radical (unpaired) electrons. The second-order valence-electron chi connectivity index (χ2n) is 4.54. The molecular weight excluding hydrogens is 246 g/mol. The van der Waals surface area contributed by atoms with E-state index >= 15 is 0 Å². The van der Waals surface area contributed by atoms with E-state index in [9.17, 15) is 8.42 Å². The van der Waals surface area contributed by atoms with Crippen LogP contribution in [0.5, 0.6) is 0 Å². The molecule has 1 rings (SSSR count). The number of halogens is 1. The van der Waals surface area contributed by atoms with Crippen LogP contribution in [0.3, 0.4) is 0 Å². The average Bonchev–Trinajstić information content (AvgIpc) is 2.58. The number of rotatable bonds is 5. The summed E-state index contributed by atoms with van der Waals surface area (Å²) in [6.07, 6.45) is 6.95. The van der Waals surface area contributed by atoms with E-state index in [0.29, 0.717) is 12.1 Å². The molecule has 16 heavy (non-hydrogen) atoms. The highest BCUT2D eigenvalue weighted by Gasteiger charge is 2.24. The first kappa shape index (κ1) is 14.0. The van der Waals surface area contributed by atoms with Crippen LogP contribution in [0, 0.1) is 0 Å². The summed E-state index contributed by atoms with van der Waals surface area (Å²) in [5.74, 6) is -0.0665. The molecule has 1 unspecified atom stereocenters. The molecule has 0 saturated carbocycles. The lowest BCUT2D eigenvalue weighted by Crippen LogP contribution is -2.35. The van der Waals surface area contributed by atoms with Crippen molar-refractivity contribution in [1.29, 1.82) is 0 Å². The maximum Gasteiger partial charge on any atom is 0.236 e. The zero-order chi connectivity index (χ0) is 12.2. The topological polar surface area (TPSA) is 37.4 Å². The fraction of sp³-hybridized carbons (Fsp3) is 0.818. The molecular formula is C11H20ClNO2S. The third kappa shape index (κ3) is 4.85. The number of nitrogens with zero attached hydrogens (tertiary/aromatic N) is 1. The van der Waals surface area contributed by atoms with E-state index in [2.05, 4.69) is 18.7 Å². The Morgan fingerprint density at radius 1 is 1.44 bits per heavy atom. The van der Waals surface area contributed by atoms with Gasteiger partial charge in [0, 0.05) is 22.8 Å². The maximum atomic E-state index is 10.7. The lowest BCUT2D eigenvalue weighted by atomic mass is 10.1. The lowest BCUT2D eigenvalue weighted by molar-refractivity contribution is 0.205. The van der Waals surface area contributed by atoms with Gasteiger partial charge in [0.15, 0.2) is 0 Å². The SMILES string of the molecule is CC(C)N1CCCC1C/C=C\CS(=O)(=O)Cl. The van der Waals surface area contributed by atoms with Gasteiger partial charge in [0.25, 0.3) is 0 Å². The normalized spacial score (nSPS) is 23.6. The van der Waals surface area contributed by atoms with Crippen LogP contribution in [-0.4, -0.2) is 37.7 Å². The Morgan fingerprint density at radius 3 is 2.69 bits per heavy atom. The summed E-state index contributed by atoms with van der Waals surface area (Å²) in [4.78, 5) is 2.47. The second kappa shape index (κ2) is 6.03. The zero-order valence-electron chi connectivity index (χ0n) is 9.89. The van der Waals surface area contributed by atoms with Crippen molar-refractivity contribution in [3.8, 4) is 0 Å². The van der Waals surface area contributed by atoms with Crippen LogP contribution < -0.4 is 0 Å². The van der Waals surface area contributed by atoms with E-state index in [0.717, 1.165) is 13.0 Å². The second-order valence-corrected chi connectivity index (χ2v) is 7.36. The van der Waals surface area contributed by atoms with Crippen LogP contribution in [-0.2, 0) is 9.05 Å². The van der Waals surface area contributed by atoms with Gasteiger partial charge < -0.3 is 0 Å². The van der Waals surface area contributed by atoms with Crippen LogP contribution in [0.1, 0.15) is 33.1 Å². The van der Waals surface area contributed by atoms with Gasteiger partial charge in [-0.3, -0.25) is 4.90 Å². The molecule has 1 heterocycles. The summed E-state index contributed by atoms with van der Waals surface area (Å²) in [5.41, 5.74) is 0. The van der Waals surface area contributed by atoms with E-state index in [-0.39, 0.29) is 5.75 Å². The van der Waals surface area contributed by atoms with Crippen LogP contribution in [0.4, 0.5) is 0 Å². The highest BCUT2D eigenvalue weighted by molar-refractivity contribution is 8.13. The smallest absolute Gasteiger partial charge is 0.236 e. The minimum atomic E-state index is -3.38. The predicted molar refractivity (Wildman–Crippen MR) is 68.3 cm³/mol. The van der Waals surface area contributed by atoms with Gasteiger partial charge in [-0.25, -0.2) is 8.42 Å². The summed E-state index contributed by atoms with van der Waals surface area (Å²) in [6.45, 7) is 5.56. The largest absolute Gasteiger partial charge is 0.298 e. The molecule has 0 aromatic carbocycles. The quantitative estimate of drug-likeness (QED) is 0.566. The van der Waals surface area contributed by atoms with Gasteiger partial charge in [0.2, 0.25) is 9.05 Å². The van der Waals surface area contributed by atoms with Crippen molar-refractivity contribution in [2.24, 2.45) is 0 Å². The molecule has 0 amide bonds. The van der Waals surface area contributed by atoms with Crippen LogP contribution in [0.2, 0.25) is 0 Å². The first-order chi connectivity index (χ1) is 7.40. The molecule has 1 saturated heterocycles. The third-order valence-corrected chi connectivity index (χ3v) is 3.92. The Hall–Kier alpha value is -0.0600. The first-order valence-electron chi connectivity index (χ1n) is 5.73.